The molecule has 160 valence electrons. The van der Waals surface area contributed by atoms with E-state index in [0.717, 1.165) is 32.9 Å². The highest BCUT2D eigenvalue weighted by atomic mass is 16.6. The molecule has 0 bridgehead atoms. The Morgan fingerprint density at radius 2 is 1.41 bits per heavy atom. The molecule has 1 aromatic heterocycles. The van der Waals surface area contributed by atoms with E-state index in [-0.39, 0.29) is 5.97 Å². The van der Waals surface area contributed by atoms with Crippen molar-refractivity contribution in [1.29, 1.82) is 0 Å². The zero-order valence-corrected chi connectivity index (χ0v) is 18.7. The summed E-state index contributed by atoms with van der Waals surface area (Å²) >= 11 is 0. The number of carbonyl (C=O) groups is 1. The lowest BCUT2D eigenvalue weighted by molar-refractivity contribution is -0.163. The van der Waals surface area contributed by atoms with Crippen LogP contribution in [-0.2, 0) is 15.1 Å². The Morgan fingerprint density at radius 1 is 0.844 bits per heavy atom. The van der Waals surface area contributed by atoms with Crippen molar-refractivity contribution in [3.63, 3.8) is 0 Å². The van der Waals surface area contributed by atoms with E-state index in [1.807, 2.05) is 75.4 Å². The molecular weight excluding hydrogens is 394 g/mol. The van der Waals surface area contributed by atoms with Crippen LogP contribution in [0, 0.1) is 0 Å². The van der Waals surface area contributed by atoms with Crippen molar-refractivity contribution in [2.24, 2.45) is 0 Å². The van der Waals surface area contributed by atoms with Gasteiger partial charge in [0.1, 0.15) is 5.60 Å². The van der Waals surface area contributed by atoms with Crippen molar-refractivity contribution in [1.82, 2.24) is 4.57 Å². The average Bonchev–Trinajstić information content (AvgIpc) is 3.13. The molecule has 0 aliphatic heterocycles. The van der Waals surface area contributed by atoms with Gasteiger partial charge in [-0.2, -0.15) is 0 Å². The average molecular weight is 422 g/mol. The first-order chi connectivity index (χ1) is 15.4. The lowest BCUT2D eigenvalue weighted by Gasteiger charge is -2.37. The van der Waals surface area contributed by atoms with E-state index in [0.29, 0.717) is 6.42 Å². The molecule has 1 atom stereocenters. The number of aromatic nitrogens is 1. The molecule has 1 unspecified atom stereocenters. The number of benzene rings is 3. The summed E-state index contributed by atoms with van der Waals surface area (Å²) < 4.78 is 8.23. The fourth-order valence-electron chi connectivity index (χ4n) is 4.69. The topological polar surface area (TPSA) is 31.2 Å². The first kappa shape index (κ1) is 20.3. The molecule has 3 aromatic carbocycles. The molecular formula is C29H27NO2. The Balaban J connectivity index is 1.78. The van der Waals surface area contributed by atoms with Crippen LogP contribution in [0.15, 0.2) is 97.1 Å². The molecule has 3 heteroatoms. The third-order valence-corrected chi connectivity index (χ3v) is 6.01. The van der Waals surface area contributed by atoms with Crippen LogP contribution in [0.2, 0.25) is 0 Å². The number of fused-ring (bicyclic) bond motifs is 3. The Labute approximate surface area is 188 Å². The molecule has 0 N–H and O–H groups in total. The molecule has 0 fully saturated rings. The summed E-state index contributed by atoms with van der Waals surface area (Å²) in [6.45, 7) is 5.76. The molecule has 4 aromatic rings. The number of hydrogen-bond acceptors (Lipinski definition) is 2. The molecule has 0 radical (unpaired) electrons. The lowest BCUT2D eigenvalue weighted by atomic mass is 9.82. The van der Waals surface area contributed by atoms with Crippen molar-refractivity contribution >= 4 is 33.3 Å². The first-order valence-electron chi connectivity index (χ1n) is 11.0. The molecule has 1 aliphatic rings. The van der Waals surface area contributed by atoms with E-state index in [1.165, 1.54) is 0 Å². The SMILES string of the molecule is CC(C)(C)OC(=O)C1(n2c3ccccc3c3ccccc32)C=CC=C(c2ccccc2)C1. The molecule has 0 amide bonds. The van der Waals surface area contributed by atoms with E-state index >= 15 is 0 Å². The zero-order valence-electron chi connectivity index (χ0n) is 18.7. The fraction of sp³-hybridized carbons (Fsp3) is 0.207. The Bertz CT molecular complexity index is 1320. The maximum absolute atomic E-state index is 14.0. The molecule has 32 heavy (non-hydrogen) atoms. The van der Waals surface area contributed by atoms with Crippen LogP contribution in [0.4, 0.5) is 0 Å². The van der Waals surface area contributed by atoms with E-state index in [2.05, 4.69) is 47.0 Å². The summed E-state index contributed by atoms with van der Waals surface area (Å²) in [5.41, 5.74) is 2.70. The molecule has 0 saturated heterocycles. The number of para-hydroxylation sites is 2. The van der Waals surface area contributed by atoms with Gasteiger partial charge in [-0.15, -0.1) is 0 Å². The smallest absolute Gasteiger partial charge is 0.337 e. The fourth-order valence-corrected chi connectivity index (χ4v) is 4.69. The Kier molecular flexibility index (Phi) is 4.78. The second-order valence-corrected chi connectivity index (χ2v) is 9.39. The van der Waals surface area contributed by atoms with Crippen LogP contribution in [-0.4, -0.2) is 16.1 Å². The van der Waals surface area contributed by atoms with Crippen molar-refractivity contribution in [3.8, 4) is 0 Å². The van der Waals surface area contributed by atoms with E-state index in [9.17, 15) is 4.79 Å². The van der Waals surface area contributed by atoms with Gasteiger partial charge in [0.05, 0.1) is 11.0 Å². The lowest BCUT2D eigenvalue weighted by Crippen LogP contribution is -2.45. The van der Waals surface area contributed by atoms with E-state index < -0.39 is 11.1 Å². The molecule has 1 heterocycles. The number of esters is 1. The van der Waals surface area contributed by atoms with Crippen molar-refractivity contribution in [3.05, 3.63) is 103 Å². The number of allylic oxidation sites excluding steroid dienone is 3. The quantitative estimate of drug-likeness (QED) is 0.338. The Hall–Kier alpha value is -3.59. The second kappa shape index (κ2) is 7.52. The molecule has 1 aliphatic carbocycles. The van der Waals surface area contributed by atoms with Gasteiger partial charge in [-0.1, -0.05) is 78.9 Å². The summed E-state index contributed by atoms with van der Waals surface area (Å²) in [6, 6.07) is 26.8. The van der Waals surface area contributed by atoms with Gasteiger partial charge >= 0.3 is 5.97 Å². The van der Waals surface area contributed by atoms with Gasteiger partial charge in [0.2, 0.25) is 0 Å². The predicted octanol–water partition coefficient (Wildman–Crippen LogP) is 6.88. The van der Waals surface area contributed by atoms with Crippen LogP contribution in [0.25, 0.3) is 27.4 Å². The van der Waals surface area contributed by atoms with Gasteiger partial charge in [0.25, 0.3) is 0 Å². The van der Waals surface area contributed by atoms with E-state index in [1.54, 1.807) is 0 Å². The second-order valence-electron chi connectivity index (χ2n) is 9.39. The maximum atomic E-state index is 14.0. The van der Waals surface area contributed by atoms with Crippen molar-refractivity contribution in [2.45, 2.75) is 38.3 Å². The van der Waals surface area contributed by atoms with E-state index in [4.69, 9.17) is 4.74 Å². The third kappa shape index (κ3) is 3.34. The minimum absolute atomic E-state index is 0.241. The van der Waals surface area contributed by atoms with Gasteiger partial charge in [-0.25, -0.2) is 4.79 Å². The normalized spacial score (nSPS) is 18.7. The summed E-state index contributed by atoms with van der Waals surface area (Å²) in [6.07, 6.45) is 6.63. The highest BCUT2D eigenvalue weighted by Crippen LogP contribution is 2.43. The Morgan fingerprint density at radius 3 is 2.00 bits per heavy atom. The number of rotatable bonds is 3. The highest BCUT2D eigenvalue weighted by Gasteiger charge is 2.44. The van der Waals surface area contributed by atoms with Crippen LogP contribution in [0.1, 0.15) is 32.8 Å². The van der Waals surface area contributed by atoms with Gasteiger partial charge in [0, 0.05) is 17.2 Å². The van der Waals surface area contributed by atoms with Gasteiger partial charge in [0.15, 0.2) is 5.54 Å². The van der Waals surface area contributed by atoms with Crippen molar-refractivity contribution in [2.75, 3.05) is 0 Å². The zero-order chi connectivity index (χ0) is 22.3. The molecule has 0 spiro atoms. The van der Waals surface area contributed by atoms with Crippen LogP contribution in [0.5, 0.6) is 0 Å². The molecule has 5 rings (SSSR count). The number of hydrogen-bond donors (Lipinski definition) is 0. The number of ether oxygens (including phenoxy) is 1. The van der Waals surface area contributed by atoms with Crippen molar-refractivity contribution < 1.29 is 9.53 Å². The van der Waals surface area contributed by atoms with Gasteiger partial charge < -0.3 is 9.30 Å². The molecule has 3 nitrogen and oxygen atoms in total. The van der Waals surface area contributed by atoms with Crippen LogP contribution < -0.4 is 0 Å². The number of carbonyl (C=O) groups excluding carboxylic acids is 1. The summed E-state index contributed by atoms with van der Waals surface area (Å²) in [5.74, 6) is -0.241. The third-order valence-electron chi connectivity index (χ3n) is 6.01. The predicted molar refractivity (Wildman–Crippen MR) is 131 cm³/mol. The number of nitrogens with zero attached hydrogens (tertiary/aromatic N) is 1. The van der Waals surface area contributed by atoms with Crippen LogP contribution in [0.3, 0.4) is 0 Å². The largest absolute Gasteiger partial charge is 0.458 e. The maximum Gasteiger partial charge on any atom is 0.337 e. The minimum Gasteiger partial charge on any atom is -0.458 e. The van der Waals surface area contributed by atoms with Gasteiger partial charge in [-0.3, -0.25) is 0 Å². The van der Waals surface area contributed by atoms with Gasteiger partial charge in [-0.05, 0) is 50.1 Å². The first-order valence-corrected chi connectivity index (χ1v) is 11.0. The monoisotopic (exact) mass is 421 g/mol. The van der Waals surface area contributed by atoms with Crippen LogP contribution >= 0.6 is 0 Å². The highest BCUT2D eigenvalue weighted by molar-refractivity contribution is 6.09. The standard InChI is InChI=1S/C29H27NO2/c1-28(2,3)32-27(31)29(19-11-14-22(20-29)21-12-5-4-6-13-21)30-25-17-9-7-15-23(25)24-16-8-10-18-26(24)30/h4-19H,20H2,1-3H3. The summed E-state index contributed by atoms with van der Waals surface area (Å²) in [7, 11) is 0. The summed E-state index contributed by atoms with van der Waals surface area (Å²) in [4.78, 5) is 14.0. The minimum atomic E-state index is -0.990. The molecule has 0 saturated carbocycles. The summed E-state index contributed by atoms with van der Waals surface area (Å²) in [5, 5.41) is 2.27.